The van der Waals surface area contributed by atoms with Crippen LogP contribution in [0, 0.1) is 5.92 Å². The molecule has 0 saturated heterocycles. The van der Waals surface area contributed by atoms with Crippen LogP contribution in [-0.4, -0.2) is 10.1 Å². The van der Waals surface area contributed by atoms with Crippen LogP contribution in [0.5, 0.6) is 0 Å². The first-order valence-electron chi connectivity index (χ1n) is 3.32. The third kappa shape index (κ3) is 1.72. The number of hydrogen-bond donors (Lipinski definition) is 2. The molecule has 0 radical (unpaired) electrons. The van der Waals surface area contributed by atoms with E-state index in [1.165, 1.54) is 0 Å². The molecule has 5 heteroatoms. The van der Waals surface area contributed by atoms with Gasteiger partial charge in [-0.3, -0.25) is 0 Å². The predicted octanol–water partition coefficient (Wildman–Crippen LogP) is 2.69. The van der Waals surface area contributed by atoms with Crippen molar-refractivity contribution in [1.29, 1.82) is 0 Å². The first-order valence-corrected chi connectivity index (χ1v) is 5.08. The molecule has 0 bridgehead atoms. The van der Waals surface area contributed by atoms with Gasteiger partial charge < -0.3 is 5.73 Å². The minimum absolute atomic E-state index is 0.221. The molecule has 0 saturated carbocycles. The third-order valence-electron chi connectivity index (χ3n) is 1.76. The highest BCUT2D eigenvalue weighted by atomic mass is 35.5. The quantitative estimate of drug-likeness (QED) is 0.538. The largest absolute Gasteiger partial charge is 0.402 e. The smallest absolute Gasteiger partial charge is 0.162 e. The van der Waals surface area contributed by atoms with Gasteiger partial charge in [0.2, 0.25) is 0 Å². The summed E-state index contributed by atoms with van der Waals surface area (Å²) in [4.78, 5) is 0. The Hall–Kier alpha value is 0.500. The number of allylic oxidation sites excluding steroid dienone is 4. The Balaban J connectivity index is 3.02. The second kappa shape index (κ2) is 3.70. The van der Waals surface area contributed by atoms with E-state index in [-0.39, 0.29) is 5.92 Å². The molecule has 0 aliphatic heterocycles. The minimum Gasteiger partial charge on any atom is -0.402 e. The van der Waals surface area contributed by atoms with Gasteiger partial charge in [0.05, 0.1) is 5.03 Å². The van der Waals surface area contributed by atoms with Gasteiger partial charge in [-0.15, -0.1) is 0 Å². The lowest BCUT2D eigenvalue weighted by molar-refractivity contribution is 0.646. The Bertz CT molecular complexity index is 247. The average Bonchev–Trinajstić information content (AvgIpc) is 1.98. The van der Waals surface area contributed by atoms with Crippen LogP contribution in [0.15, 0.2) is 22.9 Å². The summed E-state index contributed by atoms with van der Waals surface area (Å²) in [5.74, 6) is 0.251. The Kier molecular flexibility index (Phi) is 3.27. The maximum Gasteiger partial charge on any atom is 0.162 e. The first kappa shape index (κ1) is 10.6. The second-order valence-electron chi connectivity index (χ2n) is 2.54. The molecular weight excluding hydrogens is 237 g/mol. The lowest BCUT2D eigenvalue weighted by atomic mass is 9.98. The van der Waals surface area contributed by atoms with Crippen molar-refractivity contribution in [2.24, 2.45) is 11.7 Å². The molecule has 68 valence electrons. The Morgan fingerprint density at radius 3 is 2.50 bits per heavy atom. The molecule has 1 aliphatic carbocycles. The number of hydrogen-bond acceptors (Lipinski definition) is 2. The highest BCUT2D eigenvalue weighted by Crippen LogP contribution is 2.44. The molecule has 0 aromatic carbocycles. The fraction of sp³-hybridized carbons (Fsp3) is 0.429. The summed E-state index contributed by atoms with van der Waals surface area (Å²) in [5, 5.41) is 0.388. The van der Waals surface area contributed by atoms with E-state index >= 15 is 0 Å². The highest BCUT2D eigenvalue weighted by molar-refractivity contribution is 7.80. The summed E-state index contributed by atoms with van der Waals surface area (Å²) < 4.78 is -1.12. The molecule has 1 unspecified atom stereocenters. The number of thiol groups is 1. The van der Waals surface area contributed by atoms with Crippen molar-refractivity contribution >= 4 is 47.4 Å². The van der Waals surface area contributed by atoms with Crippen LogP contribution in [0.4, 0.5) is 0 Å². The van der Waals surface area contributed by atoms with Gasteiger partial charge in [-0.25, -0.2) is 0 Å². The molecule has 0 fully saturated rings. The van der Waals surface area contributed by atoms with Gasteiger partial charge in [0.25, 0.3) is 0 Å². The van der Waals surface area contributed by atoms with E-state index in [2.05, 4.69) is 12.6 Å². The van der Waals surface area contributed by atoms with Gasteiger partial charge in [0.1, 0.15) is 0 Å². The monoisotopic (exact) mass is 243 g/mol. The Labute approximate surface area is 91.9 Å². The molecular formula is C7H8Cl3NS. The van der Waals surface area contributed by atoms with Crippen LogP contribution >= 0.6 is 47.4 Å². The molecule has 1 rings (SSSR count). The van der Waals surface area contributed by atoms with Gasteiger partial charge in [-0.2, -0.15) is 12.6 Å². The van der Waals surface area contributed by atoms with Gasteiger partial charge >= 0.3 is 0 Å². The summed E-state index contributed by atoms with van der Waals surface area (Å²) in [6.07, 6.45) is 3.31. The lowest BCUT2D eigenvalue weighted by Gasteiger charge is -2.31. The van der Waals surface area contributed by atoms with Crippen LogP contribution in [0.1, 0.15) is 0 Å². The van der Waals surface area contributed by atoms with E-state index in [1.807, 2.05) is 0 Å². The van der Waals surface area contributed by atoms with Crippen molar-refractivity contribution in [2.45, 2.75) is 4.33 Å². The normalized spacial score (nSPS) is 27.8. The molecule has 0 amide bonds. The summed E-state index contributed by atoms with van der Waals surface area (Å²) in [5.41, 5.74) is 6.28. The van der Waals surface area contributed by atoms with Crippen LogP contribution in [0.25, 0.3) is 0 Å². The Morgan fingerprint density at radius 2 is 2.08 bits per heavy atom. The van der Waals surface area contributed by atoms with E-state index < -0.39 is 4.33 Å². The number of halogens is 3. The maximum atomic E-state index is 5.98. The van der Waals surface area contributed by atoms with Gasteiger partial charge in [-0.05, 0) is 12.2 Å². The zero-order chi connectivity index (χ0) is 9.35. The van der Waals surface area contributed by atoms with Crippen molar-refractivity contribution in [1.82, 2.24) is 0 Å². The molecule has 0 spiro atoms. The Morgan fingerprint density at radius 1 is 1.50 bits per heavy atom. The SMILES string of the molecule is NC1=CC=C(Cl)C(Cl)(Cl)C1CS. The van der Waals surface area contributed by atoms with E-state index in [0.29, 0.717) is 16.5 Å². The molecule has 1 aliphatic rings. The van der Waals surface area contributed by atoms with Crippen LogP contribution in [-0.2, 0) is 0 Å². The third-order valence-corrected chi connectivity index (χ3v) is 3.68. The predicted molar refractivity (Wildman–Crippen MR) is 58.0 cm³/mol. The number of rotatable bonds is 1. The molecule has 1 atom stereocenters. The van der Waals surface area contributed by atoms with E-state index in [0.717, 1.165) is 0 Å². The molecule has 2 N–H and O–H groups in total. The number of nitrogens with two attached hydrogens (primary N) is 1. The molecule has 12 heavy (non-hydrogen) atoms. The van der Waals surface area contributed by atoms with E-state index in [1.54, 1.807) is 12.2 Å². The van der Waals surface area contributed by atoms with Crippen molar-refractivity contribution < 1.29 is 0 Å². The van der Waals surface area contributed by atoms with Crippen LogP contribution < -0.4 is 5.73 Å². The number of alkyl halides is 2. The average molecular weight is 245 g/mol. The zero-order valence-electron chi connectivity index (χ0n) is 6.10. The lowest BCUT2D eigenvalue weighted by Crippen LogP contribution is -2.34. The van der Waals surface area contributed by atoms with Crippen molar-refractivity contribution in [3.05, 3.63) is 22.9 Å². The molecule has 0 aromatic heterocycles. The van der Waals surface area contributed by atoms with Crippen molar-refractivity contribution in [3.8, 4) is 0 Å². The summed E-state index contributed by atoms with van der Waals surface area (Å²) in [6, 6.07) is 0. The topological polar surface area (TPSA) is 26.0 Å². The first-order chi connectivity index (χ1) is 5.50. The summed E-state index contributed by atoms with van der Waals surface area (Å²) >= 11 is 21.9. The van der Waals surface area contributed by atoms with Crippen molar-refractivity contribution in [2.75, 3.05) is 5.75 Å². The minimum atomic E-state index is -1.12. The molecule has 1 nitrogen and oxygen atoms in total. The maximum absolute atomic E-state index is 5.98. The fourth-order valence-electron chi connectivity index (χ4n) is 0.992. The second-order valence-corrected chi connectivity index (χ2v) is 4.70. The molecule has 0 aromatic rings. The summed E-state index contributed by atoms with van der Waals surface area (Å²) in [7, 11) is 0. The van der Waals surface area contributed by atoms with Crippen LogP contribution in [0.2, 0.25) is 0 Å². The van der Waals surface area contributed by atoms with E-state index in [4.69, 9.17) is 40.5 Å². The van der Waals surface area contributed by atoms with Gasteiger partial charge in [0.15, 0.2) is 4.33 Å². The van der Waals surface area contributed by atoms with Crippen molar-refractivity contribution in [3.63, 3.8) is 0 Å². The molecule has 0 heterocycles. The fourth-order valence-corrected chi connectivity index (χ4v) is 2.42. The van der Waals surface area contributed by atoms with Gasteiger partial charge in [-0.1, -0.05) is 34.8 Å². The highest BCUT2D eigenvalue weighted by Gasteiger charge is 2.40. The van der Waals surface area contributed by atoms with E-state index in [9.17, 15) is 0 Å². The summed E-state index contributed by atoms with van der Waals surface area (Å²) in [6.45, 7) is 0. The zero-order valence-corrected chi connectivity index (χ0v) is 9.26. The standard InChI is InChI=1S/C7H8Cl3NS/c8-6-2-1-5(11)4(3-12)7(6,9)10/h1-2,4,12H,3,11H2. The van der Waals surface area contributed by atoms with Crippen LogP contribution in [0.3, 0.4) is 0 Å². The van der Waals surface area contributed by atoms with Gasteiger partial charge in [0, 0.05) is 17.4 Å².